The van der Waals surface area contributed by atoms with Crippen molar-refractivity contribution in [3.8, 4) is 5.75 Å². The third-order valence-electron chi connectivity index (χ3n) is 8.18. The minimum absolute atomic E-state index is 0.179. The van der Waals surface area contributed by atoms with Crippen LogP contribution in [-0.2, 0) is 38.8 Å². The molecule has 2 aromatic rings. The van der Waals surface area contributed by atoms with Crippen molar-refractivity contribution in [2.75, 3.05) is 26.8 Å². The van der Waals surface area contributed by atoms with Gasteiger partial charge in [0.2, 0.25) is 11.8 Å². The predicted molar refractivity (Wildman–Crippen MR) is 147 cm³/mol. The Hall–Kier alpha value is -3.56. The van der Waals surface area contributed by atoms with Crippen molar-refractivity contribution in [3.63, 3.8) is 0 Å². The molecule has 9 nitrogen and oxygen atoms in total. The minimum atomic E-state index is -0.648. The summed E-state index contributed by atoms with van der Waals surface area (Å²) in [5.74, 6) is 0.251. The van der Waals surface area contributed by atoms with Crippen LogP contribution in [0.2, 0.25) is 0 Å². The summed E-state index contributed by atoms with van der Waals surface area (Å²) < 4.78 is 11.2. The van der Waals surface area contributed by atoms with Crippen LogP contribution in [0.4, 0.5) is 0 Å². The monoisotopic (exact) mass is 547 g/mol. The van der Waals surface area contributed by atoms with E-state index in [2.05, 4.69) is 34.5 Å². The van der Waals surface area contributed by atoms with Crippen molar-refractivity contribution in [2.24, 2.45) is 5.92 Å². The molecule has 3 heterocycles. The lowest BCUT2D eigenvalue weighted by Crippen LogP contribution is -2.52. The van der Waals surface area contributed by atoms with Crippen LogP contribution in [-0.4, -0.2) is 66.2 Å². The molecule has 2 aromatic carbocycles. The van der Waals surface area contributed by atoms with Gasteiger partial charge in [0.25, 0.3) is 5.91 Å². The average molecular weight is 548 g/mol. The standard InChI is InChI=1S/C31H37N3O6/c1-39-17-3-5-27(35)23-13-15-33(16-14-23)18-21-7-9-22(10-8-21)20-40-28-6-2-4-24-25(28)19-34(31(24)38)26-11-12-29(36)32-30(26)37/h2,4,6-10,23,26H,3,5,11-20H2,1H3,(H,32,36,37). The number of Topliss-reactive ketones (excluding diaryl/α,β-unsaturated/α-hetero) is 1. The van der Waals surface area contributed by atoms with Gasteiger partial charge in [0, 0.05) is 50.1 Å². The molecule has 0 aliphatic carbocycles. The zero-order valence-electron chi connectivity index (χ0n) is 23.0. The fourth-order valence-electron chi connectivity index (χ4n) is 5.86. The number of carbonyl (C=O) groups excluding carboxylic acids is 4. The molecule has 2 saturated heterocycles. The summed E-state index contributed by atoms with van der Waals surface area (Å²) in [5, 5.41) is 2.34. The summed E-state index contributed by atoms with van der Waals surface area (Å²) in [5.41, 5.74) is 3.56. The predicted octanol–water partition coefficient (Wildman–Crippen LogP) is 3.23. The highest BCUT2D eigenvalue weighted by atomic mass is 16.5. The van der Waals surface area contributed by atoms with Crippen molar-refractivity contribution >= 4 is 23.5 Å². The number of methoxy groups -OCH3 is 1. The van der Waals surface area contributed by atoms with Crippen LogP contribution < -0.4 is 10.1 Å². The second-order valence-corrected chi connectivity index (χ2v) is 10.9. The van der Waals surface area contributed by atoms with E-state index in [9.17, 15) is 19.2 Å². The number of rotatable bonds is 11. The SMILES string of the molecule is COCCCC(=O)C1CCN(Cc2ccc(COc3cccc4c3CN(C3CCC(=O)NC3=O)C4=O)cc2)CC1. The van der Waals surface area contributed by atoms with E-state index >= 15 is 0 Å². The quantitative estimate of drug-likeness (QED) is 0.340. The molecule has 0 bridgehead atoms. The second kappa shape index (κ2) is 12.7. The molecule has 0 aromatic heterocycles. The number of hydrogen-bond donors (Lipinski definition) is 1. The molecule has 5 rings (SSSR count). The lowest BCUT2D eigenvalue weighted by molar-refractivity contribution is -0.137. The summed E-state index contributed by atoms with van der Waals surface area (Å²) >= 11 is 0. The number of nitrogens with one attached hydrogen (secondary N) is 1. The van der Waals surface area contributed by atoms with Crippen LogP contribution in [0.5, 0.6) is 5.75 Å². The fraction of sp³-hybridized carbons (Fsp3) is 0.484. The van der Waals surface area contributed by atoms with Crippen molar-refractivity contribution < 1.29 is 28.7 Å². The van der Waals surface area contributed by atoms with Crippen LogP contribution in [0.15, 0.2) is 42.5 Å². The number of hydrogen-bond acceptors (Lipinski definition) is 7. The summed E-state index contributed by atoms with van der Waals surface area (Å²) in [4.78, 5) is 53.2. The number of piperidine rings is 2. The lowest BCUT2D eigenvalue weighted by atomic mass is 9.90. The van der Waals surface area contributed by atoms with Gasteiger partial charge < -0.3 is 14.4 Å². The lowest BCUT2D eigenvalue weighted by Gasteiger charge is -2.31. The van der Waals surface area contributed by atoms with E-state index in [0.717, 1.165) is 50.0 Å². The van der Waals surface area contributed by atoms with Crippen molar-refractivity contribution in [1.82, 2.24) is 15.1 Å². The maximum atomic E-state index is 13.0. The Morgan fingerprint density at radius 2 is 1.75 bits per heavy atom. The number of fused-ring (bicyclic) bond motifs is 1. The Morgan fingerprint density at radius 1 is 1.00 bits per heavy atom. The molecule has 0 saturated carbocycles. The van der Waals surface area contributed by atoms with Gasteiger partial charge in [-0.05, 0) is 62.0 Å². The van der Waals surface area contributed by atoms with Crippen LogP contribution in [0, 0.1) is 5.92 Å². The number of likely N-dealkylation sites (tertiary alicyclic amines) is 1. The van der Waals surface area contributed by atoms with E-state index in [0.29, 0.717) is 43.2 Å². The van der Waals surface area contributed by atoms with Gasteiger partial charge in [-0.2, -0.15) is 0 Å². The van der Waals surface area contributed by atoms with Crippen LogP contribution in [0.1, 0.15) is 65.6 Å². The summed E-state index contributed by atoms with van der Waals surface area (Å²) in [6.07, 6.45) is 3.81. The Balaban J connectivity index is 1.12. The number of carbonyl (C=O) groups is 4. The Bertz CT molecular complexity index is 1250. The molecule has 1 unspecified atom stereocenters. The fourth-order valence-corrected chi connectivity index (χ4v) is 5.86. The van der Waals surface area contributed by atoms with Crippen molar-refractivity contribution in [3.05, 3.63) is 64.7 Å². The maximum absolute atomic E-state index is 13.0. The average Bonchev–Trinajstić information content (AvgIpc) is 3.29. The van der Waals surface area contributed by atoms with Gasteiger partial charge >= 0.3 is 0 Å². The van der Waals surface area contributed by atoms with Crippen LogP contribution >= 0.6 is 0 Å². The first-order valence-corrected chi connectivity index (χ1v) is 14.1. The minimum Gasteiger partial charge on any atom is -0.489 e. The van der Waals surface area contributed by atoms with Gasteiger partial charge in [0.1, 0.15) is 24.2 Å². The maximum Gasteiger partial charge on any atom is 0.255 e. The van der Waals surface area contributed by atoms with Gasteiger partial charge in [0.05, 0.1) is 6.54 Å². The summed E-state index contributed by atoms with van der Waals surface area (Å²) in [6, 6.07) is 13.1. The van der Waals surface area contributed by atoms with Gasteiger partial charge in [-0.1, -0.05) is 30.3 Å². The third-order valence-corrected chi connectivity index (χ3v) is 8.18. The van der Waals surface area contributed by atoms with Gasteiger partial charge in [-0.15, -0.1) is 0 Å². The first-order valence-electron chi connectivity index (χ1n) is 14.1. The smallest absolute Gasteiger partial charge is 0.255 e. The van der Waals surface area contributed by atoms with Crippen LogP contribution in [0.3, 0.4) is 0 Å². The van der Waals surface area contributed by atoms with Gasteiger partial charge in [-0.3, -0.25) is 29.4 Å². The normalized spacial score (nSPS) is 20.0. The highest BCUT2D eigenvalue weighted by molar-refractivity contribution is 6.05. The zero-order chi connectivity index (χ0) is 28.1. The summed E-state index contributed by atoms with van der Waals surface area (Å²) in [6.45, 7) is 4.00. The Kier molecular flexibility index (Phi) is 8.91. The molecule has 1 N–H and O–H groups in total. The van der Waals surface area contributed by atoms with Gasteiger partial charge in [0.15, 0.2) is 0 Å². The molecule has 1 atom stereocenters. The highest BCUT2D eigenvalue weighted by Crippen LogP contribution is 2.34. The first-order chi connectivity index (χ1) is 19.4. The second-order valence-electron chi connectivity index (χ2n) is 10.9. The molecule has 40 heavy (non-hydrogen) atoms. The molecular formula is C31H37N3O6. The zero-order valence-corrected chi connectivity index (χ0v) is 23.0. The van der Waals surface area contributed by atoms with E-state index in [1.807, 2.05) is 6.07 Å². The number of amides is 3. The number of ether oxygens (including phenoxy) is 2. The van der Waals surface area contributed by atoms with E-state index in [1.54, 1.807) is 19.2 Å². The largest absolute Gasteiger partial charge is 0.489 e. The molecule has 3 amide bonds. The van der Waals surface area contributed by atoms with Crippen LogP contribution in [0.25, 0.3) is 0 Å². The van der Waals surface area contributed by atoms with Crippen molar-refractivity contribution in [1.29, 1.82) is 0 Å². The van der Waals surface area contributed by atoms with E-state index < -0.39 is 11.9 Å². The molecule has 212 valence electrons. The molecule has 2 fully saturated rings. The molecule has 9 heteroatoms. The number of nitrogens with zero attached hydrogens (tertiary/aromatic N) is 2. The topological polar surface area (TPSA) is 105 Å². The van der Waals surface area contributed by atoms with Gasteiger partial charge in [-0.25, -0.2) is 0 Å². The first kappa shape index (κ1) is 28.0. The Morgan fingerprint density at radius 3 is 2.48 bits per heavy atom. The Labute approximate surface area is 234 Å². The van der Waals surface area contributed by atoms with Crippen molar-refractivity contribution in [2.45, 2.75) is 64.3 Å². The summed E-state index contributed by atoms with van der Waals surface area (Å²) in [7, 11) is 1.67. The number of imide groups is 1. The highest BCUT2D eigenvalue weighted by Gasteiger charge is 2.40. The van der Waals surface area contributed by atoms with E-state index in [-0.39, 0.29) is 30.7 Å². The molecule has 0 radical (unpaired) electrons. The molecule has 3 aliphatic heterocycles. The van der Waals surface area contributed by atoms with E-state index in [1.165, 1.54) is 10.5 Å². The third kappa shape index (κ3) is 6.42. The molecule has 3 aliphatic rings. The molecule has 0 spiro atoms. The van der Waals surface area contributed by atoms with E-state index in [4.69, 9.17) is 9.47 Å². The molecular weight excluding hydrogens is 510 g/mol. The number of ketones is 1. The number of benzene rings is 2.